The van der Waals surface area contributed by atoms with Crippen LogP contribution >= 0.6 is 11.6 Å². The van der Waals surface area contributed by atoms with E-state index in [-0.39, 0.29) is 47.2 Å². The molecular weight excluding hydrogens is 446 g/mol. The summed E-state index contributed by atoms with van der Waals surface area (Å²) in [5.41, 5.74) is -0.220. The van der Waals surface area contributed by atoms with Crippen LogP contribution in [0.15, 0.2) is 53.6 Å². The van der Waals surface area contributed by atoms with Crippen molar-refractivity contribution in [3.63, 3.8) is 0 Å². The number of allylic oxidation sites excluding steroid dienone is 1. The van der Waals surface area contributed by atoms with Gasteiger partial charge in [-0.05, 0) is 49.2 Å². The molecule has 31 heavy (non-hydrogen) atoms. The molecule has 5 atom stereocenters. The van der Waals surface area contributed by atoms with Gasteiger partial charge in [-0.15, -0.1) is 0 Å². The third-order valence-corrected chi connectivity index (χ3v) is 9.99. The minimum Gasteiger partial charge on any atom is -0.495 e. The summed E-state index contributed by atoms with van der Waals surface area (Å²) in [5.74, 6) is -2.33. The van der Waals surface area contributed by atoms with Gasteiger partial charge in [0.15, 0.2) is 21.4 Å². The normalized spacial score (nSPS) is 31.8. The van der Waals surface area contributed by atoms with Crippen molar-refractivity contribution in [3.8, 4) is 5.75 Å². The van der Waals surface area contributed by atoms with Gasteiger partial charge in [0.05, 0.1) is 22.8 Å². The van der Waals surface area contributed by atoms with E-state index in [9.17, 15) is 12.8 Å². The predicted octanol–water partition coefficient (Wildman–Crippen LogP) is 5.25. The van der Waals surface area contributed by atoms with Crippen LogP contribution in [0, 0.1) is 29.4 Å². The molecule has 0 aromatic heterocycles. The molecule has 164 valence electrons. The maximum atomic E-state index is 15.3. The van der Waals surface area contributed by atoms with Crippen LogP contribution in [-0.4, -0.2) is 21.1 Å². The second-order valence-corrected chi connectivity index (χ2v) is 11.2. The Labute approximate surface area is 184 Å². The lowest BCUT2D eigenvalue weighted by atomic mass is 9.63. The molecule has 8 heteroatoms. The van der Waals surface area contributed by atoms with Gasteiger partial charge < -0.3 is 9.47 Å². The summed E-state index contributed by atoms with van der Waals surface area (Å²) in [6, 6.07) is 7.73. The van der Waals surface area contributed by atoms with Crippen LogP contribution in [0.4, 0.5) is 8.78 Å². The number of sulfone groups is 1. The lowest BCUT2D eigenvalue weighted by Crippen LogP contribution is -2.57. The summed E-state index contributed by atoms with van der Waals surface area (Å²) < 4.78 is 68.3. The van der Waals surface area contributed by atoms with Gasteiger partial charge >= 0.3 is 0 Å². The van der Waals surface area contributed by atoms with Crippen molar-refractivity contribution in [2.24, 2.45) is 17.8 Å². The van der Waals surface area contributed by atoms with Crippen molar-refractivity contribution in [1.29, 1.82) is 0 Å². The van der Waals surface area contributed by atoms with E-state index in [4.69, 9.17) is 21.1 Å². The molecule has 2 aromatic rings. The second-order valence-electron chi connectivity index (χ2n) is 8.52. The van der Waals surface area contributed by atoms with E-state index in [1.807, 2.05) is 6.92 Å². The molecule has 4 nitrogen and oxygen atoms in total. The van der Waals surface area contributed by atoms with Crippen molar-refractivity contribution in [2.45, 2.75) is 35.5 Å². The molecular formula is C23H21ClF2O4S. The second kappa shape index (κ2) is 6.94. The lowest BCUT2D eigenvalue weighted by molar-refractivity contribution is 0.00323. The Hall–Kier alpha value is -2.12. The van der Waals surface area contributed by atoms with E-state index in [0.717, 1.165) is 12.1 Å². The topological polar surface area (TPSA) is 52.6 Å². The average molecular weight is 467 g/mol. The molecule has 0 amide bonds. The Morgan fingerprint density at radius 1 is 1.13 bits per heavy atom. The van der Waals surface area contributed by atoms with Gasteiger partial charge in [0.1, 0.15) is 16.7 Å². The van der Waals surface area contributed by atoms with Crippen LogP contribution in [0.25, 0.3) is 0 Å². The first-order chi connectivity index (χ1) is 14.7. The highest BCUT2D eigenvalue weighted by Crippen LogP contribution is 2.61. The number of benzene rings is 2. The summed E-state index contributed by atoms with van der Waals surface area (Å²) in [5, 5.41) is 0.385. The van der Waals surface area contributed by atoms with E-state index in [1.54, 1.807) is 0 Å². The fraction of sp³-hybridized carbons (Fsp3) is 0.391. The zero-order chi connectivity index (χ0) is 22.1. The molecule has 0 N–H and O–H groups in total. The number of rotatable bonds is 2. The Morgan fingerprint density at radius 3 is 2.52 bits per heavy atom. The lowest BCUT2D eigenvalue weighted by Gasteiger charge is -2.51. The van der Waals surface area contributed by atoms with Crippen LogP contribution in [-0.2, 0) is 19.3 Å². The molecule has 0 unspecified atom stereocenters. The molecule has 3 aliphatic rings. The molecule has 2 aliphatic heterocycles. The molecule has 1 saturated heterocycles. The Balaban J connectivity index is 1.81. The maximum Gasteiger partial charge on any atom is 0.188 e. The Bertz CT molecular complexity index is 1180. The Kier molecular flexibility index (Phi) is 4.65. The number of hydrogen-bond acceptors (Lipinski definition) is 4. The first-order valence-electron chi connectivity index (χ1n) is 10.2. The van der Waals surface area contributed by atoms with Crippen LogP contribution in [0.2, 0.25) is 5.02 Å². The van der Waals surface area contributed by atoms with Gasteiger partial charge in [0.25, 0.3) is 0 Å². The summed E-state index contributed by atoms with van der Waals surface area (Å²) in [6.45, 7) is 5.84. The van der Waals surface area contributed by atoms with E-state index >= 15 is 4.39 Å². The monoisotopic (exact) mass is 466 g/mol. The third kappa shape index (κ3) is 2.72. The Morgan fingerprint density at radius 2 is 1.81 bits per heavy atom. The molecule has 2 heterocycles. The first-order valence-corrected chi connectivity index (χ1v) is 12.0. The minimum absolute atomic E-state index is 0.0160. The quantitative estimate of drug-likeness (QED) is 0.606. The van der Waals surface area contributed by atoms with Gasteiger partial charge in [0, 0.05) is 22.8 Å². The van der Waals surface area contributed by atoms with Gasteiger partial charge in [-0.2, -0.15) is 0 Å². The van der Waals surface area contributed by atoms with Crippen molar-refractivity contribution >= 4 is 21.4 Å². The SMILES string of the molecule is C=C1O[C@@H]2CC[C@@]3(S(=O)(=O)c4ccc(Cl)cc4)c4c(F)ccc(F)c4OC[C@H]3[C@@H]2[C@H]1C. The van der Waals surface area contributed by atoms with Crippen LogP contribution in [0.3, 0.4) is 0 Å². The highest BCUT2D eigenvalue weighted by atomic mass is 35.5. The van der Waals surface area contributed by atoms with Gasteiger partial charge in [-0.25, -0.2) is 17.2 Å². The zero-order valence-electron chi connectivity index (χ0n) is 16.8. The summed E-state index contributed by atoms with van der Waals surface area (Å²) in [4.78, 5) is 0.0160. The van der Waals surface area contributed by atoms with E-state index in [0.29, 0.717) is 17.2 Å². The summed E-state index contributed by atoms with van der Waals surface area (Å²) in [6.07, 6.45) is 0.232. The smallest absolute Gasteiger partial charge is 0.188 e. The zero-order valence-corrected chi connectivity index (χ0v) is 18.3. The fourth-order valence-electron chi connectivity index (χ4n) is 5.72. The van der Waals surface area contributed by atoms with Crippen molar-refractivity contribution in [1.82, 2.24) is 0 Å². The van der Waals surface area contributed by atoms with Crippen molar-refractivity contribution < 1.29 is 26.7 Å². The number of halogens is 3. The molecule has 2 aromatic carbocycles. The van der Waals surface area contributed by atoms with Crippen molar-refractivity contribution in [3.05, 3.63) is 71.0 Å². The average Bonchev–Trinajstić information content (AvgIpc) is 3.04. The highest BCUT2D eigenvalue weighted by molar-refractivity contribution is 7.92. The van der Waals surface area contributed by atoms with E-state index in [2.05, 4.69) is 6.58 Å². The largest absolute Gasteiger partial charge is 0.495 e. The molecule has 0 spiro atoms. The van der Waals surface area contributed by atoms with E-state index in [1.165, 1.54) is 24.3 Å². The highest BCUT2D eigenvalue weighted by Gasteiger charge is 2.65. The summed E-state index contributed by atoms with van der Waals surface area (Å²) >= 11 is 5.97. The number of hydrogen-bond donors (Lipinski definition) is 0. The minimum atomic E-state index is -4.16. The van der Waals surface area contributed by atoms with E-state index < -0.39 is 32.1 Å². The van der Waals surface area contributed by atoms with Crippen LogP contribution in [0.1, 0.15) is 25.3 Å². The standard InChI is InChI=1S/C23H21ClF2O4S/c1-12-13(2)30-19-9-10-23(31(27,28)15-5-3-14(24)4-6-15)16(20(12)19)11-29-22-18(26)8-7-17(25)21(22)23/h3-8,12,16,19-20H,2,9-11H2,1H3/t12-,16-,19+,20-,23-/m0/s1. The van der Waals surface area contributed by atoms with Gasteiger partial charge in [-0.1, -0.05) is 25.1 Å². The maximum absolute atomic E-state index is 15.3. The van der Waals surface area contributed by atoms with Gasteiger partial charge in [0.2, 0.25) is 0 Å². The molecule has 0 radical (unpaired) electrons. The molecule has 5 rings (SSSR count). The van der Waals surface area contributed by atoms with Crippen LogP contribution in [0.5, 0.6) is 5.75 Å². The molecule has 1 saturated carbocycles. The fourth-order valence-corrected chi connectivity index (χ4v) is 8.23. The van der Waals surface area contributed by atoms with Gasteiger partial charge in [-0.3, -0.25) is 0 Å². The number of fused-ring (bicyclic) bond motifs is 5. The molecule has 0 bridgehead atoms. The molecule has 1 aliphatic carbocycles. The van der Waals surface area contributed by atoms with Crippen molar-refractivity contribution in [2.75, 3.05) is 6.61 Å². The number of ether oxygens (including phenoxy) is 2. The summed E-state index contributed by atoms with van der Waals surface area (Å²) in [7, 11) is -4.16. The van der Waals surface area contributed by atoms with Crippen LogP contribution < -0.4 is 4.74 Å². The first kappa shape index (κ1) is 20.8. The third-order valence-electron chi connectivity index (χ3n) is 7.17. The predicted molar refractivity (Wildman–Crippen MR) is 112 cm³/mol. The molecule has 2 fully saturated rings.